The molecule has 0 aliphatic rings. The van der Waals surface area contributed by atoms with Crippen molar-refractivity contribution in [3.8, 4) is 0 Å². The van der Waals surface area contributed by atoms with Crippen molar-refractivity contribution >= 4 is 44.7 Å². The minimum atomic E-state index is -4.98. The van der Waals surface area contributed by atoms with Crippen LogP contribution < -0.4 is 4.90 Å². The standard InChI is InChI=1S/C20H23F3N8O2S/c1-6-9-12-31-18(25-5)17(24-4)26-20(31)28-27-15-11-10-14(30(7-2)8-3)13-16(15)29-34(32,33-23)19(21)22/h10-11,13,19H,6-9,12H2,1-3H3. The van der Waals surface area contributed by atoms with E-state index in [1.54, 1.807) is 6.07 Å². The summed E-state index contributed by atoms with van der Waals surface area (Å²) >= 11 is 0. The molecule has 0 aliphatic carbocycles. The van der Waals surface area contributed by atoms with Crippen LogP contribution in [0.1, 0.15) is 33.6 Å². The summed E-state index contributed by atoms with van der Waals surface area (Å²) in [5, 5.41) is 7.96. The number of azo groups is 1. The van der Waals surface area contributed by atoms with Crippen molar-refractivity contribution in [2.24, 2.45) is 14.6 Å². The van der Waals surface area contributed by atoms with E-state index in [0.717, 1.165) is 6.42 Å². The largest absolute Gasteiger partial charge is 0.416 e. The number of imidazole rings is 1. The lowest BCUT2D eigenvalue weighted by atomic mass is 10.2. The topological polar surface area (TPSA) is 93.2 Å². The SMILES string of the molecule is [C-]#[N+]c1nc(N=Nc2ccc(N(CC)CC)cc2N=S(=O)(OF)C(F)F)n(CCCC)c1[N+]#[C-]. The highest BCUT2D eigenvalue weighted by molar-refractivity contribution is 7.89. The number of hydrogen-bond donors (Lipinski definition) is 0. The molecule has 1 atom stereocenters. The maximum absolute atomic E-state index is 13.2. The fourth-order valence-corrected chi connectivity index (χ4v) is 3.56. The molecule has 10 nitrogen and oxygen atoms in total. The minimum Gasteiger partial charge on any atom is -0.373 e. The number of unbranched alkanes of at least 4 members (excludes halogenated alkanes) is 1. The van der Waals surface area contributed by atoms with E-state index in [0.29, 0.717) is 31.7 Å². The Morgan fingerprint density at radius 2 is 1.88 bits per heavy atom. The predicted octanol–water partition coefficient (Wildman–Crippen LogP) is 7.18. The summed E-state index contributed by atoms with van der Waals surface area (Å²) in [6.07, 6.45) is 1.49. The summed E-state index contributed by atoms with van der Waals surface area (Å²) < 4.78 is 59.0. The molecule has 1 aromatic heterocycles. The van der Waals surface area contributed by atoms with Gasteiger partial charge >= 0.3 is 11.7 Å². The van der Waals surface area contributed by atoms with Gasteiger partial charge in [-0.25, -0.2) is 8.78 Å². The van der Waals surface area contributed by atoms with Crippen molar-refractivity contribution in [3.63, 3.8) is 0 Å². The molecule has 0 saturated heterocycles. The molecule has 0 spiro atoms. The Morgan fingerprint density at radius 1 is 1.18 bits per heavy atom. The second kappa shape index (κ2) is 12.1. The molecule has 14 heteroatoms. The normalized spacial score (nSPS) is 13.0. The average Bonchev–Trinajstić information content (AvgIpc) is 3.19. The van der Waals surface area contributed by atoms with Gasteiger partial charge in [0.25, 0.3) is 21.6 Å². The molecule has 182 valence electrons. The molecule has 0 radical (unpaired) electrons. The van der Waals surface area contributed by atoms with Crippen molar-refractivity contribution in [2.45, 2.75) is 45.9 Å². The van der Waals surface area contributed by atoms with Gasteiger partial charge in [0.05, 0.1) is 6.54 Å². The zero-order chi connectivity index (χ0) is 25.3. The van der Waals surface area contributed by atoms with E-state index in [1.165, 1.54) is 16.7 Å². The number of hydrogen-bond acceptors (Lipinski definition) is 7. The van der Waals surface area contributed by atoms with Crippen LogP contribution >= 0.6 is 0 Å². The molecule has 0 bridgehead atoms. The Hall–Kier alpha value is -3.49. The van der Waals surface area contributed by atoms with Gasteiger partial charge in [-0.05, 0) is 43.0 Å². The Morgan fingerprint density at radius 3 is 2.41 bits per heavy atom. The van der Waals surface area contributed by atoms with Crippen LogP contribution in [0.15, 0.2) is 32.8 Å². The van der Waals surface area contributed by atoms with Crippen molar-refractivity contribution in [3.05, 3.63) is 41.0 Å². The second-order valence-corrected chi connectivity index (χ2v) is 8.46. The van der Waals surface area contributed by atoms with Crippen LogP contribution in [0.3, 0.4) is 0 Å². The predicted molar refractivity (Wildman–Crippen MR) is 122 cm³/mol. The number of halogens is 3. The van der Waals surface area contributed by atoms with E-state index in [4.69, 9.17) is 13.1 Å². The highest BCUT2D eigenvalue weighted by Crippen LogP contribution is 2.38. The first-order chi connectivity index (χ1) is 16.3. The van der Waals surface area contributed by atoms with Crippen LogP contribution in [0, 0.1) is 13.1 Å². The summed E-state index contributed by atoms with van der Waals surface area (Å²) in [5.74, 6) is -3.89. The zero-order valence-corrected chi connectivity index (χ0v) is 19.6. The maximum Gasteiger partial charge on any atom is 0.416 e. The van der Waals surface area contributed by atoms with Gasteiger partial charge in [0.1, 0.15) is 11.4 Å². The van der Waals surface area contributed by atoms with Crippen LogP contribution in [-0.2, 0) is 20.9 Å². The molecule has 34 heavy (non-hydrogen) atoms. The lowest BCUT2D eigenvalue weighted by Gasteiger charge is -2.21. The molecular formula is C20H23F3N8O2S. The fraction of sp³-hybridized carbons (Fsp3) is 0.450. The van der Waals surface area contributed by atoms with Gasteiger partial charge in [-0.3, -0.25) is 0 Å². The lowest BCUT2D eigenvalue weighted by Crippen LogP contribution is -2.21. The molecule has 0 amide bonds. The smallest absolute Gasteiger partial charge is 0.373 e. The molecule has 1 aromatic carbocycles. The third kappa shape index (κ3) is 5.89. The number of aromatic nitrogens is 2. The van der Waals surface area contributed by atoms with Gasteiger partial charge in [-0.15, -0.1) is 5.11 Å². The molecule has 1 heterocycles. The minimum absolute atomic E-state index is 0.00532. The monoisotopic (exact) mass is 496 g/mol. The Bertz CT molecular complexity index is 1240. The molecule has 2 rings (SSSR count). The Kier molecular flexibility index (Phi) is 9.53. The van der Waals surface area contributed by atoms with Gasteiger partial charge in [-0.1, -0.05) is 41.0 Å². The quantitative estimate of drug-likeness (QED) is 0.243. The number of nitrogens with zero attached hydrogens (tertiary/aromatic N) is 8. The average molecular weight is 497 g/mol. The van der Waals surface area contributed by atoms with Crippen molar-refractivity contribution in [1.82, 2.24) is 9.55 Å². The number of alkyl halides is 2. The number of benzene rings is 1. The summed E-state index contributed by atoms with van der Waals surface area (Å²) in [5.41, 5.74) is 0.103. The third-order valence-electron chi connectivity index (χ3n) is 4.73. The molecule has 0 saturated carbocycles. The zero-order valence-electron chi connectivity index (χ0n) is 18.8. The second-order valence-electron chi connectivity index (χ2n) is 6.76. The summed E-state index contributed by atoms with van der Waals surface area (Å²) in [6, 6.07) is 4.34. The van der Waals surface area contributed by atoms with E-state index in [2.05, 4.69) is 33.7 Å². The van der Waals surface area contributed by atoms with Crippen molar-refractivity contribution in [1.29, 1.82) is 0 Å². The molecular weight excluding hydrogens is 473 g/mol. The van der Waals surface area contributed by atoms with Crippen LogP contribution in [0.4, 0.5) is 48.0 Å². The summed E-state index contributed by atoms with van der Waals surface area (Å²) in [6.45, 7) is 21.8. The van der Waals surface area contributed by atoms with Crippen LogP contribution in [0.25, 0.3) is 9.69 Å². The summed E-state index contributed by atoms with van der Waals surface area (Å²) in [7, 11) is -4.98. The van der Waals surface area contributed by atoms with E-state index < -0.39 is 15.8 Å². The Labute approximate surface area is 196 Å². The fourth-order valence-electron chi connectivity index (χ4n) is 2.98. The van der Waals surface area contributed by atoms with E-state index in [1.807, 2.05) is 25.7 Å². The molecule has 2 aromatic rings. The van der Waals surface area contributed by atoms with Gasteiger partial charge in [-0.2, -0.15) is 13.1 Å². The number of rotatable bonds is 11. The van der Waals surface area contributed by atoms with E-state index >= 15 is 0 Å². The molecule has 1 unspecified atom stereocenters. The third-order valence-corrected chi connectivity index (χ3v) is 5.81. The first-order valence-corrected chi connectivity index (χ1v) is 11.8. The molecule has 0 N–H and O–H groups in total. The Balaban J connectivity index is 2.67. The summed E-state index contributed by atoms with van der Waals surface area (Å²) in [4.78, 5) is 12.5. The van der Waals surface area contributed by atoms with Gasteiger partial charge in [0, 0.05) is 18.8 Å². The van der Waals surface area contributed by atoms with Crippen molar-refractivity contribution in [2.75, 3.05) is 18.0 Å². The van der Waals surface area contributed by atoms with Gasteiger partial charge < -0.3 is 14.6 Å². The maximum atomic E-state index is 13.2. The molecule has 0 fully saturated rings. The highest BCUT2D eigenvalue weighted by Gasteiger charge is 2.26. The molecule has 0 aliphatic heterocycles. The highest BCUT2D eigenvalue weighted by atomic mass is 32.2. The van der Waals surface area contributed by atoms with E-state index in [9.17, 15) is 17.5 Å². The van der Waals surface area contributed by atoms with Gasteiger partial charge in [0.2, 0.25) is 0 Å². The number of anilines is 1. The van der Waals surface area contributed by atoms with Crippen LogP contribution in [-0.4, -0.2) is 32.6 Å². The first kappa shape index (κ1) is 26.8. The van der Waals surface area contributed by atoms with Crippen LogP contribution in [0.2, 0.25) is 0 Å². The van der Waals surface area contributed by atoms with Gasteiger partial charge in [0.15, 0.2) is 0 Å². The van der Waals surface area contributed by atoms with Crippen LogP contribution in [0.5, 0.6) is 0 Å². The lowest BCUT2D eigenvalue weighted by molar-refractivity contribution is -0.000950. The first-order valence-electron chi connectivity index (χ1n) is 10.3. The van der Waals surface area contributed by atoms with E-state index in [-0.39, 0.29) is 29.0 Å². The van der Waals surface area contributed by atoms with Crippen molar-refractivity contribution < 1.29 is 21.9 Å².